The Morgan fingerprint density at radius 3 is 1.98 bits per heavy atom. The Morgan fingerprint density at radius 1 is 0.562 bits per heavy atom. The number of fused-ring (bicyclic) bond motifs is 21. The van der Waals surface area contributed by atoms with Gasteiger partial charge in [0.2, 0.25) is 0 Å². The van der Waals surface area contributed by atoms with Crippen LogP contribution in [-0.4, -0.2) is 4.98 Å². The first-order valence-corrected chi connectivity index (χ1v) is 23.5. The quantitative estimate of drug-likeness (QED) is 0.161. The summed E-state index contributed by atoms with van der Waals surface area (Å²) in [6.45, 7) is 4.85. The van der Waals surface area contributed by atoms with Gasteiger partial charge in [0.1, 0.15) is 0 Å². The van der Waals surface area contributed by atoms with E-state index in [0.717, 1.165) is 23.2 Å². The van der Waals surface area contributed by atoms with Crippen molar-refractivity contribution < 1.29 is 0 Å². The van der Waals surface area contributed by atoms with Gasteiger partial charge in [-0.2, -0.15) is 0 Å². The van der Waals surface area contributed by atoms with Crippen molar-refractivity contribution >= 4 is 60.0 Å². The van der Waals surface area contributed by atoms with Gasteiger partial charge in [-0.1, -0.05) is 177 Å². The van der Waals surface area contributed by atoms with E-state index in [4.69, 9.17) is 4.98 Å². The third kappa shape index (κ3) is 4.20. The topological polar surface area (TPSA) is 16.1 Å². The standard InChI is InChI=1S/C61H40N2S/c1-60(2)46-24-9-3-20-39(46)44-34-53-45(33-51(44)60)59-58(42-23-8-14-29-54(42)64-59)63(53)36-17-15-16-35(32-36)57-43-30-31-50-56(55(43)41-22-7-13-28-52(41)62-57)40-21-6-12-27-49(40)61(50)47-25-10-4-18-37(47)38-19-5-11-26-48(38)61/h3-32,34,45H,33H2,1-2H3. The number of pyridine rings is 1. The van der Waals surface area contributed by atoms with Crippen LogP contribution in [0.3, 0.4) is 0 Å². The Morgan fingerprint density at radius 2 is 1.20 bits per heavy atom. The first-order valence-electron chi connectivity index (χ1n) is 22.6. The second-order valence-electron chi connectivity index (χ2n) is 18.9. The third-order valence-corrected chi connectivity index (χ3v) is 16.9. The highest BCUT2D eigenvalue weighted by Crippen LogP contribution is 2.65. The van der Waals surface area contributed by atoms with Gasteiger partial charge < -0.3 is 4.90 Å². The van der Waals surface area contributed by atoms with Crippen molar-refractivity contribution in [2.75, 3.05) is 4.90 Å². The van der Waals surface area contributed by atoms with E-state index in [0.29, 0.717) is 5.92 Å². The van der Waals surface area contributed by atoms with E-state index in [1.54, 1.807) is 5.57 Å². The van der Waals surface area contributed by atoms with Gasteiger partial charge in [0.25, 0.3) is 0 Å². The van der Waals surface area contributed by atoms with Gasteiger partial charge in [0.15, 0.2) is 0 Å². The number of hydrogen-bond donors (Lipinski definition) is 0. The highest BCUT2D eigenvalue weighted by Gasteiger charge is 2.52. The molecule has 0 amide bonds. The zero-order chi connectivity index (χ0) is 42.1. The summed E-state index contributed by atoms with van der Waals surface area (Å²) in [4.78, 5) is 9.68. The van der Waals surface area contributed by atoms with Crippen LogP contribution in [0.5, 0.6) is 0 Å². The molecule has 0 bridgehead atoms. The Kier molecular flexibility index (Phi) is 6.72. The van der Waals surface area contributed by atoms with Crippen LogP contribution < -0.4 is 4.90 Å². The van der Waals surface area contributed by atoms with Gasteiger partial charge >= 0.3 is 0 Å². The molecule has 64 heavy (non-hydrogen) atoms. The van der Waals surface area contributed by atoms with Crippen LogP contribution in [0.1, 0.15) is 64.4 Å². The predicted octanol–water partition coefficient (Wildman–Crippen LogP) is 15.9. The fourth-order valence-corrected chi connectivity index (χ4v) is 14.3. The number of anilines is 2. The first kappa shape index (κ1) is 35.2. The first-order chi connectivity index (χ1) is 31.5. The number of allylic oxidation sites excluding steroid dienone is 4. The summed E-state index contributed by atoms with van der Waals surface area (Å²) in [6, 6.07) is 68.3. The normalized spacial score (nSPS) is 17.6. The van der Waals surface area contributed by atoms with Gasteiger partial charge in [-0.15, -0.1) is 11.3 Å². The SMILES string of the molecule is CC1(C)C2=C(C=C3C(C2)c2sc4ccccc4c2N3c2cccc(-c3nc4ccccc4c4c5c(ccc34)C3(c4ccccc4-c4ccccc43)c3ccccc3-5)c2)c2ccccc21. The largest absolute Gasteiger partial charge is 0.312 e. The van der Waals surface area contributed by atoms with Gasteiger partial charge in [-0.05, 0) is 98.0 Å². The molecule has 0 N–H and O–H groups in total. The van der Waals surface area contributed by atoms with Crippen LogP contribution in [0.25, 0.3) is 70.8 Å². The second-order valence-corrected chi connectivity index (χ2v) is 19.9. The molecule has 8 aromatic carbocycles. The maximum absolute atomic E-state index is 5.60. The van der Waals surface area contributed by atoms with E-state index < -0.39 is 5.41 Å². The van der Waals surface area contributed by atoms with Crippen molar-refractivity contribution in [2.24, 2.45) is 0 Å². The van der Waals surface area contributed by atoms with E-state index in [2.05, 4.69) is 207 Å². The molecule has 300 valence electrons. The summed E-state index contributed by atoms with van der Waals surface area (Å²) < 4.78 is 1.35. The Labute approximate surface area is 376 Å². The lowest BCUT2D eigenvalue weighted by Crippen LogP contribution is -2.25. The minimum atomic E-state index is -0.414. The highest BCUT2D eigenvalue weighted by atomic mass is 32.1. The lowest BCUT2D eigenvalue weighted by molar-refractivity contribution is 0.588. The lowest BCUT2D eigenvalue weighted by Gasteiger charge is -2.31. The van der Waals surface area contributed by atoms with Crippen LogP contribution in [-0.2, 0) is 10.8 Å². The van der Waals surface area contributed by atoms with E-state index in [-0.39, 0.29) is 5.41 Å². The monoisotopic (exact) mass is 832 g/mol. The molecule has 2 aromatic heterocycles. The minimum absolute atomic E-state index is 0.00812. The molecule has 5 aliphatic rings. The molecule has 3 heteroatoms. The van der Waals surface area contributed by atoms with Crippen LogP contribution in [0, 0.1) is 0 Å². The molecule has 15 rings (SSSR count). The summed E-state index contributed by atoms with van der Waals surface area (Å²) in [7, 11) is 0. The Bertz CT molecular complexity index is 3770. The molecule has 2 nitrogen and oxygen atoms in total. The zero-order valence-corrected chi connectivity index (χ0v) is 36.3. The molecule has 1 aliphatic heterocycles. The number of rotatable bonds is 2. The minimum Gasteiger partial charge on any atom is -0.312 e. The fourth-order valence-electron chi connectivity index (χ4n) is 13.0. The molecule has 0 radical (unpaired) electrons. The van der Waals surface area contributed by atoms with Crippen molar-refractivity contribution in [1.82, 2.24) is 4.98 Å². The molecule has 1 atom stereocenters. The number of aromatic nitrogens is 1. The number of nitrogens with zero attached hydrogens (tertiary/aromatic N) is 2. The van der Waals surface area contributed by atoms with Crippen molar-refractivity contribution in [1.29, 1.82) is 0 Å². The molecular formula is C61H40N2S. The molecule has 1 unspecified atom stereocenters. The van der Waals surface area contributed by atoms with Crippen LogP contribution >= 0.6 is 11.3 Å². The fraction of sp³-hybridized carbons (Fsp3) is 0.0984. The molecule has 3 heterocycles. The average molecular weight is 833 g/mol. The maximum atomic E-state index is 5.60. The van der Waals surface area contributed by atoms with Gasteiger partial charge in [0, 0.05) is 59.4 Å². The van der Waals surface area contributed by atoms with E-state index >= 15 is 0 Å². The highest BCUT2D eigenvalue weighted by molar-refractivity contribution is 7.20. The second kappa shape index (κ2) is 12.2. The lowest BCUT2D eigenvalue weighted by atomic mass is 9.70. The van der Waals surface area contributed by atoms with Crippen molar-refractivity contribution in [2.45, 2.75) is 37.0 Å². The smallest absolute Gasteiger partial charge is 0.0789 e. The van der Waals surface area contributed by atoms with Gasteiger partial charge in [-0.25, -0.2) is 4.98 Å². The predicted molar refractivity (Wildman–Crippen MR) is 267 cm³/mol. The van der Waals surface area contributed by atoms with E-state index in [1.807, 2.05) is 11.3 Å². The third-order valence-electron chi connectivity index (χ3n) is 15.6. The molecule has 0 fully saturated rings. The zero-order valence-electron chi connectivity index (χ0n) is 35.5. The van der Waals surface area contributed by atoms with E-state index in [1.165, 1.54) is 109 Å². The number of para-hydroxylation sites is 1. The molecule has 4 aliphatic carbocycles. The number of benzene rings is 8. The average Bonchev–Trinajstić information content (AvgIpc) is 4.10. The van der Waals surface area contributed by atoms with Crippen molar-refractivity contribution in [3.63, 3.8) is 0 Å². The summed E-state index contributed by atoms with van der Waals surface area (Å²) in [6.07, 6.45) is 3.57. The van der Waals surface area contributed by atoms with Crippen LogP contribution in [0.15, 0.2) is 199 Å². The summed E-state index contributed by atoms with van der Waals surface area (Å²) >= 11 is 1.98. The molecule has 10 aromatic rings. The number of hydrogen-bond acceptors (Lipinski definition) is 3. The Balaban J connectivity index is 0.976. The van der Waals surface area contributed by atoms with Gasteiger partial charge in [0.05, 0.1) is 22.3 Å². The summed E-state index contributed by atoms with van der Waals surface area (Å²) in [5, 5.41) is 4.97. The molecule has 1 spiro atoms. The maximum Gasteiger partial charge on any atom is 0.0789 e. The van der Waals surface area contributed by atoms with Crippen molar-refractivity contribution in [3.05, 3.63) is 238 Å². The summed E-state index contributed by atoms with van der Waals surface area (Å²) in [5.41, 5.74) is 23.1. The van der Waals surface area contributed by atoms with Crippen LogP contribution in [0.4, 0.5) is 11.4 Å². The molecular weight excluding hydrogens is 793 g/mol. The van der Waals surface area contributed by atoms with Crippen LogP contribution in [0.2, 0.25) is 0 Å². The van der Waals surface area contributed by atoms with E-state index in [9.17, 15) is 0 Å². The molecule has 0 saturated carbocycles. The molecule has 0 saturated heterocycles. The Hall–Kier alpha value is -7.33. The van der Waals surface area contributed by atoms with Gasteiger partial charge in [-0.3, -0.25) is 0 Å². The van der Waals surface area contributed by atoms with Crippen molar-refractivity contribution in [3.8, 4) is 33.5 Å². The summed E-state index contributed by atoms with van der Waals surface area (Å²) in [5.74, 6) is 0.295. The number of thiophene rings is 1.